The van der Waals surface area contributed by atoms with Crippen molar-refractivity contribution in [1.29, 1.82) is 0 Å². The van der Waals surface area contributed by atoms with Crippen LogP contribution in [0.3, 0.4) is 0 Å². The quantitative estimate of drug-likeness (QED) is 0.0261. The maximum atomic E-state index is 12.9. The normalized spacial score (nSPS) is 12.9. The highest BCUT2D eigenvalue weighted by Gasteiger charge is 2.19. The predicted molar refractivity (Wildman–Crippen MR) is 348 cm³/mol. The molecule has 0 N–H and O–H groups in total. The number of carbonyl (C=O) groups is 3. The summed E-state index contributed by atoms with van der Waals surface area (Å²) in [6.07, 6.45) is 93.9. The minimum Gasteiger partial charge on any atom is -0.462 e. The van der Waals surface area contributed by atoms with Gasteiger partial charge >= 0.3 is 17.9 Å². The highest BCUT2D eigenvalue weighted by atomic mass is 16.6. The molecule has 0 aliphatic rings. The first-order valence-electron chi connectivity index (χ1n) is 33.5. The molecule has 0 aliphatic heterocycles. The Kier molecular flexibility index (Phi) is 63.8. The molecule has 1 atom stereocenters. The molecule has 1 unspecified atom stereocenters. The molecule has 0 bridgehead atoms. The summed E-state index contributed by atoms with van der Waals surface area (Å²) in [4.78, 5) is 38.2. The van der Waals surface area contributed by atoms with Crippen molar-refractivity contribution in [2.75, 3.05) is 13.2 Å². The molecule has 6 heteroatoms. The fourth-order valence-electron chi connectivity index (χ4n) is 9.29. The topological polar surface area (TPSA) is 78.9 Å². The van der Waals surface area contributed by atoms with Crippen LogP contribution in [0.4, 0.5) is 0 Å². The van der Waals surface area contributed by atoms with Crippen molar-refractivity contribution in [3.05, 3.63) is 122 Å². The van der Waals surface area contributed by atoms with Crippen molar-refractivity contribution in [3.63, 3.8) is 0 Å². The van der Waals surface area contributed by atoms with E-state index in [1.165, 1.54) is 161 Å². The third-order valence-electron chi connectivity index (χ3n) is 14.2. The molecular formula is C74H124O6. The van der Waals surface area contributed by atoms with E-state index in [9.17, 15) is 14.4 Å². The van der Waals surface area contributed by atoms with Gasteiger partial charge in [-0.3, -0.25) is 14.4 Å². The van der Waals surface area contributed by atoms with Crippen LogP contribution in [0.1, 0.15) is 310 Å². The fourth-order valence-corrected chi connectivity index (χ4v) is 9.29. The van der Waals surface area contributed by atoms with E-state index in [0.29, 0.717) is 19.3 Å². The van der Waals surface area contributed by atoms with Crippen molar-refractivity contribution in [2.24, 2.45) is 0 Å². The van der Waals surface area contributed by atoms with Gasteiger partial charge in [-0.1, -0.05) is 316 Å². The molecule has 0 aromatic carbocycles. The van der Waals surface area contributed by atoms with Crippen molar-refractivity contribution in [2.45, 2.75) is 316 Å². The average molecular weight is 1110 g/mol. The molecule has 0 aromatic rings. The lowest BCUT2D eigenvalue weighted by Gasteiger charge is -2.18. The number of ether oxygens (including phenoxy) is 3. The minimum absolute atomic E-state index is 0.0974. The van der Waals surface area contributed by atoms with Gasteiger partial charge in [0, 0.05) is 19.3 Å². The second kappa shape index (κ2) is 67.3. The molecule has 0 aliphatic carbocycles. The average Bonchev–Trinajstić information content (AvgIpc) is 3.46. The Labute approximate surface area is 494 Å². The van der Waals surface area contributed by atoms with Gasteiger partial charge in [-0.25, -0.2) is 0 Å². The Balaban J connectivity index is 4.16. The Morgan fingerprint density at radius 3 is 0.838 bits per heavy atom. The number of unbranched alkanes of at least 4 members (excludes halogenated alkanes) is 29. The highest BCUT2D eigenvalue weighted by Crippen LogP contribution is 2.17. The molecule has 80 heavy (non-hydrogen) atoms. The molecule has 0 fully saturated rings. The van der Waals surface area contributed by atoms with E-state index in [0.717, 1.165) is 103 Å². The second-order valence-electron chi connectivity index (χ2n) is 22.0. The third kappa shape index (κ3) is 64.6. The molecule has 0 heterocycles. The van der Waals surface area contributed by atoms with E-state index < -0.39 is 6.10 Å². The van der Waals surface area contributed by atoms with Gasteiger partial charge in [-0.15, -0.1) is 0 Å². The lowest BCUT2D eigenvalue weighted by Crippen LogP contribution is -2.30. The first-order chi connectivity index (χ1) is 39.5. The van der Waals surface area contributed by atoms with Crippen LogP contribution in [0, 0.1) is 0 Å². The number of rotatable bonds is 60. The van der Waals surface area contributed by atoms with Crippen molar-refractivity contribution < 1.29 is 28.6 Å². The summed E-state index contributed by atoms with van der Waals surface area (Å²) in [5.41, 5.74) is 0. The summed E-state index contributed by atoms with van der Waals surface area (Å²) in [6.45, 7) is 6.37. The van der Waals surface area contributed by atoms with Crippen LogP contribution in [-0.4, -0.2) is 37.2 Å². The molecule has 0 saturated heterocycles. The highest BCUT2D eigenvalue weighted by molar-refractivity contribution is 5.71. The molecular weight excluding hydrogens is 985 g/mol. The van der Waals surface area contributed by atoms with E-state index in [1.807, 2.05) is 6.08 Å². The third-order valence-corrected chi connectivity index (χ3v) is 14.2. The summed E-state index contributed by atoms with van der Waals surface area (Å²) in [5, 5.41) is 0. The largest absolute Gasteiger partial charge is 0.462 e. The van der Waals surface area contributed by atoms with E-state index in [4.69, 9.17) is 14.2 Å². The van der Waals surface area contributed by atoms with Crippen LogP contribution >= 0.6 is 0 Å². The zero-order valence-corrected chi connectivity index (χ0v) is 52.3. The van der Waals surface area contributed by atoms with Crippen LogP contribution in [0.15, 0.2) is 122 Å². The Bertz CT molecular complexity index is 1650. The maximum Gasteiger partial charge on any atom is 0.306 e. The van der Waals surface area contributed by atoms with Crippen LogP contribution in [0.5, 0.6) is 0 Å². The molecule has 0 rings (SSSR count). The van der Waals surface area contributed by atoms with Gasteiger partial charge in [0.2, 0.25) is 0 Å². The molecule has 0 amide bonds. The molecule has 0 saturated carbocycles. The summed E-state index contributed by atoms with van der Waals surface area (Å²) < 4.78 is 16.8. The first kappa shape index (κ1) is 75.8. The van der Waals surface area contributed by atoms with Gasteiger partial charge in [0.25, 0.3) is 0 Å². The summed E-state index contributed by atoms with van der Waals surface area (Å²) >= 11 is 0. The Morgan fingerprint density at radius 1 is 0.263 bits per heavy atom. The number of carbonyl (C=O) groups excluding carboxylic acids is 3. The van der Waals surface area contributed by atoms with Crippen LogP contribution < -0.4 is 0 Å². The smallest absolute Gasteiger partial charge is 0.306 e. The summed E-state index contributed by atoms with van der Waals surface area (Å²) in [7, 11) is 0. The second-order valence-corrected chi connectivity index (χ2v) is 22.0. The summed E-state index contributed by atoms with van der Waals surface area (Å²) in [5.74, 6) is -0.973. The molecule has 456 valence electrons. The van der Waals surface area contributed by atoms with Gasteiger partial charge in [0.15, 0.2) is 6.10 Å². The maximum absolute atomic E-state index is 12.9. The molecule has 0 spiro atoms. The van der Waals surface area contributed by atoms with E-state index in [-0.39, 0.29) is 37.5 Å². The van der Waals surface area contributed by atoms with Gasteiger partial charge < -0.3 is 14.2 Å². The number of allylic oxidation sites excluding steroid dienone is 20. The monoisotopic (exact) mass is 1110 g/mol. The van der Waals surface area contributed by atoms with E-state index in [1.54, 1.807) is 0 Å². The van der Waals surface area contributed by atoms with E-state index >= 15 is 0 Å². The lowest BCUT2D eigenvalue weighted by atomic mass is 10.0. The number of hydrogen-bond donors (Lipinski definition) is 0. The molecule has 6 nitrogen and oxygen atoms in total. The fraction of sp³-hybridized carbons (Fsp3) is 0.689. The lowest BCUT2D eigenvalue weighted by molar-refractivity contribution is -0.166. The number of hydrogen-bond acceptors (Lipinski definition) is 6. The van der Waals surface area contributed by atoms with Crippen molar-refractivity contribution in [3.8, 4) is 0 Å². The van der Waals surface area contributed by atoms with Crippen molar-refractivity contribution >= 4 is 17.9 Å². The number of esters is 3. The minimum atomic E-state index is -0.806. The Morgan fingerprint density at radius 2 is 0.512 bits per heavy atom. The van der Waals surface area contributed by atoms with Gasteiger partial charge in [0.05, 0.1) is 0 Å². The Hall–Kier alpha value is -4.19. The predicted octanol–water partition coefficient (Wildman–Crippen LogP) is 23.2. The SMILES string of the molecule is CC/C=C\C/C=C\C/C=C\C/C=C\C/C=C\C/C=C\CCCCCCCCCCCCCCCCCCC(=O)OCC(COC(=O)CC/C=C\C/C=C\C/C=C\C/C=C\CC)OC(=O)CCCCCCCCCCCCCCCC. The van der Waals surface area contributed by atoms with Crippen molar-refractivity contribution in [1.82, 2.24) is 0 Å². The standard InChI is InChI=1S/C74H124O6/c1-4-7-10-13-16-19-22-25-27-28-29-30-31-32-33-34-35-36-37-38-39-40-41-42-43-44-45-46-47-50-52-55-58-61-64-67-73(76)79-70-71(69-78-72(75)66-63-60-57-54-51-48-24-21-18-15-12-9-6-3)80-74(77)68-65-62-59-56-53-49-26-23-20-17-14-11-8-5-2/h7,9-10,12,16,18-19,21,25,27,29-30,32-33,35-36,48,51,57,60,71H,4-6,8,11,13-15,17,20,22-24,26,28,31,34,37-47,49-50,52-56,58-59,61-70H2,1-3H3/b10-7-,12-9-,19-16-,21-18-,27-25-,30-29-,33-32-,36-35-,51-48-,60-57-. The summed E-state index contributed by atoms with van der Waals surface area (Å²) in [6, 6.07) is 0. The zero-order chi connectivity index (χ0) is 57.8. The van der Waals surface area contributed by atoms with E-state index in [2.05, 4.69) is 136 Å². The van der Waals surface area contributed by atoms with Gasteiger partial charge in [-0.05, 0) is 96.3 Å². The van der Waals surface area contributed by atoms with Crippen LogP contribution in [0.2, 0.25) is 0 Å². The first-order valence-corrected chi connectivity index (χ1v) is 33.5. The van der Waals surface area contributed by atoms with Crippen LogP contribution in [-0.2, 0) is 28.6 Å². The molecule has 0 radical (unpaired) electrons. The molecule has 0 aromatic heterocycles. The zero-order valence-electron chi connectivity index (χ0n) is 52.3. The van der Waals surface area contributed by atoms with Gasteiger partial charge in [-0.2, -0.15) is 0 Å². The van der Waals surface area contributed by atoms with Gasteiger partial charge in [0.1, 0.15) is 13.2 Å². The van der Waals surface area contributed by atoms with Crippen LogP contribution in [0.25, 0.3) is 0 Å².